The third-order valence-electron chi connectivity index (χ3n) is 4.05. The van der Waals surface area contributed by atoms with E-state index in [0.717, 1.165) is 16.7 Å². The maximum atomic E-state index is 6.15. The molecule has 0 unspecified atom stereocenters. The Labute approximate surface area is 156 Å². The minimum absolute atomic E-state index is 0.424. The second-order valence-electron chi connectivity index (χ2n) is 5.91. The summed E-state index contributed by atoms with van der Waals surface area (Å²) in [6.07, 6.45) is 5.40. The van der Waals surface area contributed by atoms with Crippen molar-refractivity contribution < 1.29 is 0 Å². The molecule has 4 aromatic rings. The van der Waals surface area contributed by atoms with Crippen molar-refractivity contribution >= 4 is 17.4 Å². The van der Waals surface area contributed by atoms with Crippen LogP contribution >= 0.6 is 11.6 Å². The van der Waals surface area contributed by atoms with Crippen LogP contribution in [-0.2, 0) is 6.54 Å². The van der Waals surface area contributed by atoms with Gasteiger partial charge in [-0.2, -0.15) is 5.10 Å². The average Bonchev–Trinajstić information content (AvgIpc) is 3.12. The second kappa shape index (κ2) is 6.98. The number of hydrogen-bond acceptors (Lipinski definition) is 4. The van der Waals surface area contributed by atoms with E-state index in [4.69, 9.17) is 17.3 Å². The van der Waals surface area contributed by atoms with E-state index in [2.05, 4.69) is 27.2 Å². The van der Waals surface area contributed by atoms with Gasteiger partial charge in [0, 0.05) is 23.0 Å². The molecule has 2 heterocycles. The lowest BCUT2D eigenvalue weighted by atomic mass is 10.1. The predicted molar refractivity (Wildman–Crippen MR) is 104 cm³/mol. The molecule has 2 aromatic carbocycles. The molecule has 4 rings (SSSR count). The highest BCUT2D eigenvalue weighted by molar-refractivity contribution is 6.30. The molecule has 6 heteroatoms. The Kier molecular flexibility index (Phi) is 4.37. The van der Waals surface area contributed by atoms with Gasteiger partial charge in [0.25, 0.3) is 0 Å². The van der Waals surface area contributed by atoms with E-state index in [0.29, 0.717) is 23.2 Å². The number of rotatable bonds is 4. The van der Waals surface area contributed by atoms with Crippen molar-refractivity contribution in [2.24, 2.45) is 0 Å². The monoisotopic (exact) mass is 361 g/mol. The first-order valence-corrected chi connectivity index (χ1v) is 8.52. The van der Waals surface area contributed by atoms with Crippen molar-refractivity contribution in [2.75, 3.05) is 5.73 Å². The SMILES string of the molecule is Nc1nc(-c2cnn(Cc3ccccc3)c2)ncc1-c1ccc(Cl)cc1. The normalized spacial score (nSPS) is 10.8. The Morgan fingerprint density at radius 3 is 2.42 bits per heavy atom. The van der Waals surface area contributed by atoms with E-state index in [-0.39, 0.29) is 0 Å². The number of anilines is 1. The van der Waals surface area contributed by atoms with E-state index in [1.807, 2.05) is 53.3 Å². The topological polar surface area (TPSA) is 69.6 Å². The van der Waals surface area contributed by atoms with Crippen LogP contribution in [0.2, 0.25) is 5.02 Å². The van der Waals surface area contributed by atoms with Gasteiger partial charge in [-0.3, -0.25) is 4.68 Å². The third-order valence-corrected chi connectivity index (χ3v) is 4.30. The van der Waals surface area contributed by atoms with Crippen LogP contribution < -0.4 is 5.73 Å². The molecule has 128 valence electrons. The third kappa shape index (κ3) is 3.43. The van der Waals surface area contributed by atoms with Gasteiger partial charge in [0.1, 0.15) is 5.82 Å². The standard InChI is InChI=1S/C20H16ClN5/c21-17-8-6-15(7-9-17)18-11-23-20(25-19(18)22)16-10-24-26(13-16)12-14-4-2-1-3-5-14/h1-11,13H,12H2,(H2,22,23,25). The summed E-state index contributed by atoms with van der Waals surface area (Å²) in [7, 11) is 0. The van der Waals surface area contributed by atoms with Crippen molar-refractivity contribution in [3.8, 4) is 22.5 Å². The van der Waals surface area contributed by atoms with Gasteiger partial charge < -0.3 is 5.73 Å². The number of nitrogens with zero attached hydrogens (tertiary/aromatic N) is 4. The summed E-state index contributed by atoms with van der Waals surface area (Å²) in [6.45, 7) is 0.694. The molecule has 0 fully saturated rings. The zero-order chi connectivity index (χ0) is 17.9. The van der Waals surface area contributed by atoms with Crippen LogP contribution in [0.1, 0.15) is 5.56 Å². The maximum Gasteiger partial charge on any atom is 0.164 e. The molecule has 0 aliphatic rings. The van der Waals surface area contributed by atoms with Gasteiger partial charge in [-0.1, -0.05) is 54.1 Å². The van der Waals surface area contributed by atoms with Crippen molar-refractivity contribution in [3.63, 3.8) is 0 Å². The number of nitrogen functional groups attached to an aromatic ring is 1. The lowest BCUT2D eigenvalue weighted by Gasteiger charge is -2.06. The fourth-order valence-corrected chi connectivity index (χ4v) is 2.85. The summed E-state index contributed by atoms with van der Waals surface area (Å²) in [5.74, 6) is 0.979. The molecule has 0 amide bonds. The van der Waals surface area contributed by atoms with Crippen LogP contribution in [0.3, 0.4) is 0 Å². The number of halogens is 1. The molecule has 0 saturated heterocycles. The van der Waals surface area contributed by atoms with Gasteiger partial charge in [0.05, 0.1) is 18.3 Å². The van der Waals surface area contributed by atoms with Crippen LogP contribution in [0.25, 0.3) is 22.5 Å². The predicted octanol–water partition coefficient (Wildman–Crippen LogP) is 4.29. The fourth-order valence-electron chi connectivity index (χ4n) is 2.72. The summed E-state index contributed by atoms with van der Waals surface area (Å²) in [5.41, 5.74) is 9.87. The molecule has 0 spiro atoms. The molecule has 0 saturated carbocycles. The minimum Gasteiger partial charge on any atom is -0.383 e. The molecule has 0 atom stereocenters. The first kappa shape index (κ1) is 16.3. The zero-order valence-corrected chi connectivity index (χ0v) is 14.6. The van der Waals surface area contributed by atoms with Crippen molar-refractivity contribution in [1.82, 2.24) is 19.7 Å². The fraction of sp³-hybridized carbons (Fsp3) is 0.0500. The van der Waals surface area contributed by atoms with E-state index in [9.17, 15) is 0 Å². The quantitative estimate of drug-likeness (QED) is 0.588. The average molecular weight is 362 g/mol. The van der Waals surface area contributed by atoms with E-state index in [1.165, 1.54) is 5.56 Å². The Morgan fingerprint density at radius 2 is 1.69 bits per heavy atom. The minimum atomic E-state index is 0.424. The van der Waals surface area contributed by atoms with Crippen LogP contribution in [0.15, 0.2) is 73.2 Å². The van der Waals surface area contributed by atoms with Crippen molar-refractivity contribution in [2.45, 2.75) is 6.54 Å². The molecular weight excluding hydrogens is 346 g/mol. The van der Waals surface area contributed by atoms with Crippen LogP contribution in [0.4, 0.5) is 5.82 Å². The molecule has 0 radical (unpaired) electrons. The highest BCUT2D eigenvalue weighted by Crippen LogP contribution is 2.27. The molecule has 5 nitrogen and oxygen atoms in total. The van der Waals surface area contributed by atoms with Crippen molar-refractivity contribution in [1.29, 1.82) is 0 Å². The Hall–Kier alpha value is -3.18. The van der Waals surface area contributed by atoms with Gasteiger partial charge in [-0.05, 0) is 23.3 Å². The smallest absolute Gasteiger partial charge is 0.164 e. The summed E-state index contributed by atoms with van der Waals surface area (Å²) in [5, 5.41) is 5.07. The molecule has 0 aliphatic carbocycles. The highest BCUT2D eigenvalue weighted by Gasteiger charge is 2.10. The van der Waals surface area contributed by atoms with Crippen LogP contribution in [0, 0.1) is 0 Å². The van der Waals surface area contributed by atoms with E-state index < -0.39 is 0 Å². The van der Waals surface area contributed by atoms with Gasteiger partial charge in [-0.25, -0.2) is 9.97 Å². The molecule has 26 heavy (non-hydrogen) atoms. The molecular formula is C20H16ClN5. The largest absolute Gasteiger partial charge is 0.383 e. The maximum absolute atomic E-state index is 6.15. The van der Waals surface area contributed by atoms with Gasteiger partial charge in [0.2, 0.25) is 0 Å². The molecule has 0 aliphatic heterocycles. The molecule has 2 N–H and O–H groups in total. The van der Waals surface area contributed by atoms with E-state index >= 15 is 0 Å². The number of nitrogens with two attached hydrogens (primary N) is 1. The molecule has 0 bridgehead atoms. The molecule has 2 aromatic heterocycles. The van der Waals surface area contributed by atoms with Crippen LogP contribution in [-0.4, -0.2) is 19.7 Å². The number of benzene rings is 2. The number of aromatic nitrogens is 4. The summed E-state index contributed by atoms with van der Waals surface area (Å²) in [4.78, 5) is 8.89. The summed E-state index contributed by atoms with van der Waals surface area (Å²) >= 11 is 5.93. The van der Waals surface area contributed by atoms with Gasteiger partial charge in [-0.15, -0.1) is 0 Å². The number of hydrogen-bond donors (Lipinski definition) is 1. The lowest BCUT2D eigenvalue weighted by molar-refractivity contribution is 0.687. The van der Waals surface area contributed by atoms with Gasteiger partial charge >= 0.3 is 0 Å². The Balaban J connectivity index is 1.59. The first-order chi connectivity index (χ1) is 12.7. The Morgan fingerprint density at radius 1 is 0.923 bits per heavy atom. The Bertz CT molecular complexity index is 1030. The lowest BCUT2D eigenvalue weighted by Crippen LogP contribution is -2.00. The second-order valence-corrected chi connectivity index (χ2v) is 6.35. The van der Waals surface area contributed by atoms with Crippen molar-refractivity contribution in [3.05, 3.63) is 83.8 Å². The highest BCUT2D eigenvalue weighted by atomic mass is 35.5. The van der Waals surface area contributed by atoms with Gasteiger partial charge in [0.15, 0.2) is 5.82 Å². The summed E-state index contributed by atoms with van der Waals surface area (Å²) in [6, 6.07) is 17.6. The van der Waals surface area contributed by atoms with E-state index in [1.54, 1.807) is 12.4 Å². The van der Waals surface area contributed by atoms with Crippen LogP contribution in [0.5, 0.6) is 0 Å². The summed E-state index contributed by atoms with van der Waals surface area (Å²) < 4.78 is 1.86. The zero-order valence-electron chi connectivity index (χ0n) is 13.9. The first-order valence-electron chi connectivity index (χ1n) is 8.14.